The van der Waals surface area contributed by atoms with Crippen molar-refractivity contribution in [2.24, 2.45) is 0 Å². The molecule has 234 valence electrons. The summed E-state index contributed by atoms with van der Waals surface area (Å²) in [4.78, 5) is 15.6. The largest absolute Gasteiger partial charge is 0.254 e. The number of pyridine rings is 3. The van der Waals surface area contributed by atoms with E-state index in [0.29, 0.717) is 0 Å². The lowest BCUT2D eigenvalue weighted by molar-refractivity contribution is 0.660. The molecule has 0 radical (unpaired) electrons. The summed E-state index contributed by atoms with van der Waals surface area (Å²) in [6, 6.07) is 48.3. The first-order valence-electron chi connectivity index (χ1n) is 17.1. The van der Waals surface area contributed by atoms with Crippen LogP contribution in [0.1, 0.15) is 25.0 Å². The van der Waals surface area contributed by atoms with Crippen LogP contribution in [0.25, 0.3) is 97.3 Å². The number of hydrogen-bond acceptors (Lipinski definition) is 4. The Balaban J connectivity index is 1.28. The number of nitrogens with zero attached hydrogens (tertiary/aromatic N) is 3. The van der Waals surface area contributed by atoms with E-state index < -0.39 is 0 Å². The zero-order valence-corrected chi connectivity index (χ0v) is 28.3. The molecule has 0 saturated carbocycles. The summed E-state index contributed by atoms with van der Waals surface area (Å²) in [6.45, 7) is 4.69. The van der Waals surface area contributed by atoms with E-state index in [1.807, 2.05) is 23.6 Å². The van der Waals surface area contributed by atoms with Crippen LogP contribution in [0.3, 0.4) is 0 Å². The molecule has 0 unspecified atom stereocenters. The van der Waals surface area contributed by atoms with E-state index in [1.165, 1.54) is 53.2 Å². The van der Waals surface area contributed by atoms with Crippen molar-refractivity contribution in [2.75, 3.05) is 0 Å². The van der Waals surface area contributed by atoms with Gasteiger partial charge in [-0.3, -0.25) is 4.98 Å². The summed E-state index contributed by atoms with van der Waals surface area (Å²) < 4.78 is 2.51. The van der Waals surface area contributed by atoms with Gasteiger partial charge < -0.3 is 0 Å². The maximum atomic E-state index is 5.47. The van der Waals surface area contributed by atoms with Gasteiger partial charge >= 0.3 is 0 Å². The molecule has 4 heterocycles. The van der Waals surface area contributed by atoms with Crippen LogP contribution in [-0.4, -0.2) is 15.0 Å². The molecule has 6 aromatic carbocycles. The van der Waals surface area contributed by atoms with Crippen molar-refractivity contribution in [3.05, 3.63) is 151 Å². The van der Waals surface area contributed by atoms with Gasteiger partial charge in [0.2, 0.25) is 0 Å². The van der Waals surface area contributed by atoms with Gasteiger partial charge in [-0.15, -0.1) is 11.3 Å². The maximum Gasteiger partial charge on any atom is 0.0972 e. The molecule has 0 saturated heterocycles. The Morgan fingerprint density at radius 2 is 1.30 bits per heavy atom. The number of fused-ring (bicyclic) bond motifs is 13. The minimum absolute atomic E-state index is 0.109. The van der Waals surface area contributed by atoms with Crippen LogP contribution in [0.15, 0.2) is 140 Å². The Hall–Kier alpha value is -5.97. The summed E-state index contributed by atoms with van der Waals surface area (Å²) in [5, 5.41) is 8.27. The molecule has 0 atom stereocenters. The van der Waals surface area contributed by atoms with E-state index in [1.54, 1.807) is 0 Å². The molecule has 10 aromatic rings. The predicted octanol–water partition coefficient (Wildman–Crippen LogP) is 12.5. The van der Waals surface area contributed by atoms with E-state index in [0.717, 1.165) is 55.2 Å². The Labute approximate surface area is 292 Å². The van der Waals surface area contributed by atoms with Crippen molar-refractivity contribution in [3.8, 4) is 33.6 Å². The lowest BCUT2D eigenvalue weighted by Crippen LogP contribution is -2.14. The highest BCUT2D eigenvalue weighted by molar-refractivity contribution is 7.26. The second-order valence-electron chi connectivity index (χ2n) is 14.0. The van der Waals surface area contributed by atoms with Gasteiger partial charge in [0.25, 0.3) is 0 Å². The predicted molar refractivity (Wildman–Crippen MR) is 211 cm³/mol. The first-order chi connectivity index (χ1) is 24.5. The maximum absolute atomic E-state index is 5.47. The van der Waals surface area contributed by atoms with Crippen molar-refractivity contribution < 1.29 is 0 Å². The van der Waals surface area contributed by atoms with Crippen molar-refractivity contribution in [2.45, 2.75) is 19.3 Å². The molecule has 0 aliphatic heterocycles. The Morgan fingerprint density at radius 1 is 0.540 bits per heavy atom. The molecule has 0 N–H and O–H groups in total. The standard InChI is InChI=1S/C46H29N3S/c1-46(2)35-14-6-3-11-29(35)30-21-19-28(24-36(30)46)42-34-25-33(38-22-20-27-18-17-26-10-9-23-47-43(26)44(27)49-38)45-41(32-13-5-8-16-39(32)50-45)40(34)31-12-4-7-15-37(31)48-42/h3-25H,1-2H3. The summed E-state index contributed by atoms with van der Waals surface area (Å²) in [7, 11) is 0. The van der Waals surface area contributed by atoms with E-state index in [-0.39, 0.29) is 5.41 Å². The first kappa shape index (κ1) is 27.9. The lowest BCUT2D eigenvalue weighted by atomic mass is 9.81. The molecule has 3 nitrogen and oxygen atoms in total. The van der Waals surface area contributed by atoms with Gasteiger partial charge in [0.15, 0.2) is 0 Å². The Kier molecular flexibility index (Phi) is 5.61. The Bertz CT molecular complexity index is 3080. The summed E-state index contributed by atoms with van der Waals surface area (Å²) in [6.07, 6.45) is 1.86. The minimum atomic E-state index is -0.109. The first-order valence-corrected chi connectivity index (χ1v) is 17.9. The second-order valence-corrected chi connectivity index (χ2v) is 15.0. The van der Waals surface area contributed by atoms with Crippen LogP contribution in [0.2, 0.25) is 0 Å². The van der Waals surface area contributed by atoms with E-state index >= 15 is 0 Å². The third-order valence-electron chi connectivity index (χ3n) is 10.9. The van der Waals surface area contributed by atoms with Crippen LogP contribution in [0, 0.1) is 0 Å². The van der Waals surface area contributed by atoms with Crippen molar-refractivity contribution in [1.29, 1.82) is 0 Å². The van der Waals surface area contributed by atoms with E-state index in [9.17, 15) is 0 Å². The van der Waals surface area contributed by atoms with Gasteiger partial charge in [-0.05, 0) is 58.7 Å². The summed E-state index contributed by atoms with van der Waals surface area (Å²) >= 11 is 1.85. The SMILES string of the molecule is CC1(C)c2ccccc2-c2ccc(-c3nc4ccccc4c4c3cc(-c3ccc5ccc6cccnc6c5n3)c3sc5ccccc5c34)cc21. The molecular weight excluding hydrogens is 627 g/mol. The zero-order chi connectivity index (χ0) is 33.1. The quantitative estimate of drug-likeness (QED) is 0.174. The lowest BCUT2D eigenvalue weighted by Gasteiger charge is -2.22. The fourth-order valence-electron chi connectivity index (χ4n) is 8.47. The number of thiophene rings is 1. The molecular formula is C46H29N3S. The Morgan fingerprint density at radius 3 is 2.22 bits per heavy atom. The van der Waals surface area contributed by atoms with Crippen LogP contribution in [0.4, 0.5) is 0 Å². The number of rotatable bonds is 2. The molecule has 0 fully saturated rings. The fourth-order valence-corrected chi connectivity index (χ4v) is 9.70. The molecule has 0 amide bonds. The van der Waals surface area contributed by atoms with E-state index in [2.05, 4.69) is 141 Å². The van der Waals surface area contributed by atoms with Crippen LogP contribution >= 0.6 is 11.3 Å². The molecule has 0 bridgehead atoms. The number of benzene rings is 6. The zero-order valence-electron chi connectivity index (χ0n) is 27.5. The van der Waals surface area contributed by atoms with Gasteiger partial charge in [0.1, 0.15) is 0 Å². The summed E-state index contributed by atoms with van der Waals surface area (Å²) in [5.74, 6) is 0. The van der Waals surface area contributed by atoms with Crippen LogP contribution in [-0.2, 0) is 5.41 Å². The second kappa shape index (κ2) is 10.0. The van der Waals surface area contributed by atoms with Gasteiger partial charge in [0, 0.05) is 69.8 Å². The van der Waals surface area contributed by atoms with Crippen LogP contribution in [0.5, 0.6) is 0 Å². The smallest absolute Gasteiger partial charge is 0.0972 e. The van der Waals surface area contributed by atoms with Crippen molar-refractivity contribution >= 4 is 75.0 Å². The van der Waals surface area contributed by atoms with Gasteiger partial charge in [0.05, 0.1) is 27.9 Å². The average molecular weight is 656 g/mol. The summed E-state index contributed by atoms with van der Waals surface area (Å²) in [5.41, 5.74) is 12.3. The van der Waals surface area contributed by atoms with Gasteiger partial charge in [-0.2, -0.15) is 0 Å². The minimum Gasteiger partial charge on any atom is -0.254 e. The molecule has 1 aliphatic carbocycles. The number of hydrogen-bond donors (Lipinski definition) is 0. The highest BCUT2D eigenvalue weighted by atomic mass is 32.1. The average Bonchev–Trinajstić information content (AvgIpc) is 3.66. The number of para-hydroxylation sites is 1. The molecule has 50 heavy (non-hydrogen) atoms. The van der Waals surface area contributed by atoms with Gasteiger partial charge in [-0.25, -0.2) is 9.97 Å². The highest BCUT2D eigenvalue weighted by Gasteiger charge is 2.35. The third kappa shape index (κ3) is 3.77. The monoisotopic (exact) mass is 655 g/mol. The van der Waals surface area contributed by atoms with Crippen molar-refractivity contribution in [3.63, 3.8) is 0 Å². The molecule has 0 spiro atoms. The van der Waals surface area contributed by atoms with E-state index in [4.69, 9.17) is 15.0 Å². The fraction of sp³-hybridized carbons (Fsp3) is 0.0652. The molecule has 4 aromatic heterocycles. The van der Waals surface area contributed by atoms with Crippen LogP contribution < -0.4 is 0 Å². The molecule has 4 heteroatoms. The molecule has 1 aliphatic rings. The normalized spacial score (nSPS) is 13.6. The van der Waals surface area contributed by atoms with Gasteiger partial charge in [-0.1, -0.05) is 111 Å². The van der Waals surface area contributed by atoms with Crippen molar-refractivity contribution in [1.82, 2.24) is 15.0 Å². The third-order valence-corrected chi connectivity index (χ3v) is 12.1. The molecule has 11 rings (SSSR count). The topological polar surface area (TPSA) is 38.7 Å². The highest BCUT2D eigenvalue weighted by Crippen LogP contribution is 2.51. The number of aromatic nitrogens is 3.